The van der Waals surface area contributed by atoms with Gasteiger partial charge in [0.1, 0.15) is 6.61 Å². The van der Waals surface area contributed by atoms with Crippen LogP contribution in [0.3, 0.4) is 0 Å². The van der Waals surface area contributed by atoms with Crippen molar-refractivity contribution in [2.24, 2.45) is 0 Å². The zero-order valence-electron chi connectivity index (χ0n) is 18.5. The number of hydrogen-bond acceptors (Lipinski definition) is 6. The number of carboxylic acids is 2. The number of nitrogens with zero attached hydrogens (tertiary/aromatic N) is 2. The lowest BCUT2D eigenvalue weighted by molar-refractivity contribution is -0.159. The first-order valence-corrected chi connectivity index (χ1v) is 10.8. The number of piperazine rings is 1. The molecule has 8 heteroatoms. The Morgan fingerprint density at radius 1 is 0.812 bits per heavy atom. The van der Waals surface area contributed by atoms with E-state index in [1.54, 1.807) is 0 Å². The summed E-state index contributed by atoms with van der Waals surface area (Å²) in [5.74, 6) is -2.00. The molecule has 3 rings (SSSR count). The van der Waals surface area contributed by atoms with Gasteiger partial charge >= 0.3 is 11.9 Å². The summed E-state index contributed by atoms with van der Waals surface area (Å²) in [7, 11) is 0. The van der Waals surface area contributed by atoms with Gasteiger partial charge in [0.15, 0.2) is 11.5 Å². The maximum atomic E-state index is 9.10. The molecular weight excluding hydrogens is 412 g/mol. The molecule has 2 N–H and O–H groups in total. The van der Waals surface area contributed by atoms with Gasteiger partial charge in [-0.2, -0.15) is 0 Å². The van der Waals surface area contributed by atoms with Crippen LogP contribution >= 0.6 is 0 Å². The number of carboxylic acid groups (broad SMARTS) is 2. The SMILES string of the molecule is CCN1CCN(CCCOc2ccccc2OCc2ccccc2)CC1.O=C(O)C(=O)O. The Balaban J connectivity index is 0.000000534. The quantitative estimate of drug-likeness (QED) is 0.450. The van der Waals surface area contributed by atoms with Crippen LogP contribution < -0.4 is 9.47 Å². The third-order valence-electron chi connectivity index (χ3n) is 5.06. The zero-order chi connectivity index (χ0) is 23.2. The van der Waals surface area contributed by atoms with Gasteiger partial charge in [0.2, 0.25) is 0 Å². The van der Waals surface area contributed by atoms with Crippen LogP contribution in [-0.2, 0) is 16.2 Å². The Morgan fingerprint density at radius 2 is 1.34 bits per heavy atom. The normalized spacial score (nSPS) is 14.2. The summed E-state index contributed by atoms with van der Waals surface area (Å²) in [6.45, 7) is 10.5. The molecule has 1 saturated heterocycles. The average Bonchev–Trinajstić information content (AvgIpc) is 2.82. The van der Waals surface area contributed by atoms with Gasteiger partial charge in [-0.3, -0.25) is 0 Å². The monoisotopic (exact) mass is 444 g/mol. The van der Waals surface area contributed by atoms with Crippen molar-refractivity contribution in [1.29, 1.82) is 0 Å². The highest BCUT2D eigenvalue weighted by Gasteiger charge is 2.14. The lowest BCUT2D eigenvalue weighted by Gasteiger charge is -2.33. The summed E-state index contributed by atoms with van der Waals surface area (Å²) in [6, 6.07) is 18.2. The summed E-state index contributed by atoms with van der Waals surface area (Å²) in [5, 5.41) is 14.8. The van der Waals surface area contributed by atoms with E-state index in [4.69, 9.17) is 29.3 Å². The molecular formula is C24H32N2O6. The summed E-state index contributed by atoms with van der Waals surface area (Å²) in [5.41, 5.74) is 1.16. The largest absolute Gasteiger partial charge is 0.490 e. The molecule has 0 unspecified atom stereocenters. The van der Waals surface area contributed by atoms with Crippen molar-refractivity contribution < 1.29 is 29.3 Å². The fourth-order valence-corrected chi connectivity index (χ4v) is 3.22. The predicted octanol–water partition coefficient (Wildman–Crippen LogP) is 2.83. The standard InChI is InChI=1S/C22H30N2O2.C2H2O4/c1-2-23-14-16-24(17-15-23)13-8-18-25-21-11-6-7-12-22(21)26-19-20-9-4-3-5-10-20;3-1(4)2(5)6/h3-7,9-12H,2,8,13-19H2,1H3;(H,3,4)(H,5,6). The number of para-hydroxylation sites is 2. The Hall–Kier alpha value is -3.10. The molecule has 0 spiro atoms. The van der Waals surface area contributed by atoms with E-state index in [-0.39, 0.29) is 0 Å². The zero-order valence-corrected chi connectivity index (χ0v) is 18.5. The number of carbonyl (C=O) groups is 2. The Bertz CT molecular complexity index is 810. The van der Waals surface area contributed by atoms with E-state index in [9.17, 15) is 0 Å². The van der Waals surface area contributed by atoms with Gasteiger partial charge in [-0.25, -0.2) is 9.59 Å². The van der Waals surface area contributed by atoms with E-state index < -0.39 is 11.9 Å². The van der Waals surface area contributed by atoms with Crippen molar-refractivity contribution in [3.05, 3.63) is 60.2 Å². The second-order valence-electron chi connectivity index (χ2n) is 7.31. The van der Waals surface area contributed by atoms with Gasteiger partial charge < -0.3 is 29.5 Å². The first-order valence-electron chi connectivity index (χ1n) is 10.8. The summed E-state index contributed by atoms with van der Waals surface area (Å²) < 4.78 is 12.0. The molecule has 0 bridgehead atoms. The molecule has 0 aromatic heterocycles. The summed E-state index contributed by atoms with van der Waals surface area (Å²) in [4.78, 5) is 23.2. The van der Waals surface area contributed by atoms with E-state index in [0.29, 0.717) is 6.61 Å². The smallest absolute Gasteiger partial charge is 0.414 e. The second-order valence-corrected chi connectivity index (χ2v) is 7.31. The highest BCUT2D eigenvalue weighted by molar-refractivity contribution is 6.27. The first kappa shape index (κ1) is 25.2. The highest BCUT2D eigenvalue weighted by atomic mass is 16.5. The average molecular weight is 445 g/mol. The lowest BCUT2D eigenvalue weighted by Crippen LogP contribution is -2.46. The molecule has 0 radical (unpaired) electrons. The van der Waals surface area contributed by atoms with E-state index >= 15 is 0 Å². The maximum absolute atomic E-state index is 9.10. The van der Waals surface area contributed by atoms with E-state index in [1.807, 2.05) is 42.5 Å². The maximum Gasteiger partial charge on any atom is 0.414 e. The van der Waals surface area contributed by atoms with E-state index in [0.717, 1.165) is 43.2 Å². The van der Waals surface area contributed by atoms with Crippen molar-refractivity contribution in [3.8, 4) is 11.5 Å². The Labute approximate surface area is 189 Å². The van der Waals surface area contributed by atoms with E-state index in [1.165, 1.54) is 26.2 Å². The van der Waals surface area contributed by atoms with Crippen LogP contribution in [0.15, 0.2) is 54.6 Å². The van der Waals surface area contributed by atoms with Crippen molar-refractivity contribution in [3.63, 3.8) is 0 Å². The molecule has 0 atom stereocenters. The Kier molecular flexibility index (Phi) is 11.1. The van der Waals surface area contributed by atoms with Crippen molar-refractivity contribution in [2.75, 3.05) is 45.9 Å². The molecule has 174 valence electrons. The molecule has 32 heavy (non-hydrogen) atoms. The van der Waals surface area contributed by atoms with Crippen LogP contribution in [-0.4, -0.2) is 77.8 Å². The Morgan fingerprint density at radius 3 is 1.91 bits per heavy atom. The molecule has 0 amide bonds. The molecule has 2 aromatic carbocycles. The summed E-state index contributed by atoms with van der Waals surface area (Å²) in [6.07, 6.45) is 1.04. The van der Waals surface area contributed by atoms with Crippen LogP contribution in [0.25, 0.3) is 0 Å². The number of aliphatic carboxylic acids is 2. The highest BCUT2D eigenvalue weighted by Crippen LogP contribution is 2.27. The first-order chi connectivity index (χ1) is 15.5. The molecule has 0 saturated carbocycles. The van der Waals surface area contributed by atoms with Crippen LogP contribution in [0.1, 0.15) is 18.9 Å². The van der Waals surface area contributed by atoms with Crippen LogP contribution in [0, 0.1) is 0 Å². The molecule has 1 aliphatic heterocycles. The number of benzene rings is 2. The number of hydrogen-bond donors (Lipinski definition) is 2. The van der Waals surface area contributed by atoms with Crippen LogP contribution in [0.4, 0.5) is 0 Å². The number of likely N-dealkylation sites (N-methyl/N-ethyl adjacent to an activating group) is 1. The lowest BCUT2D eigenvalue weighted by atomic mass is 10.2. The number of rotatable bonds is 9. The third kappa shape index (κ3) is 9.36. The number of ether oxygens (including phenoxy) is 2. The van der Waals surface area contributed by atoms with Crippen LogP contribution in [0.2, 0.25) is 0 Å². The topological polar surface area (TPSA) is 99.5 Å². The van der Waals surface area contributed by atoms with Crippen LogP contribution in [0.5, 0.6) is 11.5 Å². The van der Waals surface area contributed by atoms with Crippen molar-refractivity contribution >= 4 is 11.9 Å². The van der Waals surface area contributed by atoms with Gasteiger partial charge in [-0.1, -0.05) is 49.4 Å². The second kappa shape index (κ2) is 14.1. The molecule has 2 aromatic rings. The predicted molar refractivity (Wildman–Crippen MR) is 121 cm³/mol. The minimum Gasteiger partial charge on any atom is -0.490 e. The fourth-order valence-electron chi connectivity index (χ4n) is 3.22. The van der Waals surface area contributed by atoms with E-state index in [2.05, 4.69) is 28.9 Å². The van der Waals surface area contributed by atoms with Gasteiger partial charge in [-0.05, 0) is 30.7 Å². The van der Waals surface area contributed by atoms with Gasteiger partial charge in [0, 0.05) is 32.7 Å². The van der Waals surface area contributed by atoms with Gasteiger partial charge in [0.25, 0.3) is 0 Å². The minimum absolute atomic E-state index is 0.558. The molecule has 0 aliphatic carbocycles. The molecule has 1 heterocycles. The third-order valence-corrected chi connectivity index (χ3v) is 5.06. The minimum atomic E-state index is -1.82. The molecule has 1 aliphatic rings. The van der Waals surface area contributed by atoms with Crippen molar-refractivity contribution in [2.45, 2.75) is 20.0 Å². The molecule has 1 fully saturated rings. The van der Waals surface area contributed by atoms with Crippen molar-refractivity contribution in [1.82, 2.24) is 9.80 Å². The van der Waals surface area contributed by atoms with Gasteiger partial charge in [-0.15, -0.1) is 0 Å². The fraction of sp³-hybridized carbons (Fsp3) is 0.417. The molecule has 8 nitrogen and oxygen atoms in total. The summed E-state index contributed by atoms with van der Waals surface area (Å²) >= 11 is 0. The van der Waals surface area contributed by atoms with Gasteiger partial charge in [0.05, 0.1) is 6.61 Å².